The number of hydrogen-bond acceptors (Lipinski definition) is 14. The molecule has 15 heteroatoms. The lowest BCUT2D eigenvalue weighted by molar-refractivity contribution is -0.371. The van der Waals surface area contributed by atoms with E-state index in [4.69, 9.17) is 18.9 Å². The van der Waals surface area contributed by atoms with Crippen LogP contribution in [-0.4, -0.2) is 105 Å². The van der Waals surface area contributed by atoms with Gasteiger partial charge in [-0.05, 0) is 75.3 Å². The van der Waals surface area contributed by atoms with Crippen LogP contribution < -0.4 is 20.4 Å². The zero-order valence-corrected chi connectivity index (χ0v) is 32.6. The van der Waals surface area contributed by atoms with E-state index in [1.807, 2.05) is 24.1 Å². The first-order valence-corrected chi connectivity index (χ1v) is 20.0. The lowest BCUT2D eigenvalue weighted by Crippen LogP contribution is -2.58. The van der Waals surface area contributed by atoms with Gasteiger partial charge in [0.2, 0.25) is 5.91 Å². The standard InChI is InChI=1S/C43H51N3O12/c1-24-15-32(49)30-16-27-17-34(58-55-23-43(54,39(52)36(51)33(50)22-47)18-25-5-7-29(48)8-6-25)41(2,13-9-28-19-45-40(53)42(28)11-3-4-12-42)57-37(27)35(38(30)56-24)46-20-26-10-14-44-31(26)21-46/h5-8,10,14-16,21,28,33-34,36,39,47-48,50-52,54H,3-4,9,11-13,17-20,22-23H2,1-2H3,(H,45,53)/t28-,33+,34+,36+,39-,41+,43-/m0/s1. The molecule has 5 heterocycles. The van der Waals surface area contributed by atoms with Gasteiger partial charge in [0.05, 0.1) is 29.6 Å². The van der Waals surface area contributed by atoms with E-state index in [1.54, 1.807) is 19.2 Å². The highest BCUT2D eigenvalue weighted by atomic mass is 17.2. The molecule has 1 aromatic heterocycles. The summed E-state index contributed by atoms with van der Waals surface area (Å²) in [6, 6.07) is 9.03. The van der Waals surface area contributed by atoms with Crippen molar-refractivity contribution in [3.05, 3.63) is 87.1 Å². The van der Waals surface area contributed by atoms with Crippen LogP contribution in [0.2, 0.25) is 0 Å². The molecule has 7 atom stereocenters. The molecule has 15 nitrogen and oxygen atoms in total. The topological polar surface area (TPSA) is 224 Å². The van der Waals surface area contributed by atoms with Gasteiger partial charge in [-0.15, -0.1) is 0 Å². The molecule has 1 aliphatic carbocycles. The number of anilines is 1. The summed E-state index contributed by atoms with van der Waals surface area (Å²) in [7, 11) is 0. The van der Waals surface area contributed by atoms with Gasteiger partial charge < -0.3 is 50.0 Å². The van der Waals surface area contributed by atoms with Crippen molar-refractivity contribution in [2.24, 2.45) is 16.3 Å². The minimum atomic E-state index is -2.26. The number of aliphatic hydroxyl groups is 5. The summed E-state index contributed by atoms with van der Waals surface area (Å²) in [5.41, 5.74) is -0.196. The predicted octanol–water partition coefficient (Wildman–Crippen LogP) is 2.63. The van der Waals surface area contributed by atoms with E-state index in [0.29, 0.717) is 65.2 Å². The average Bonchev–Trinajstić information content (AvgIpc) is 4.01. The third kappa shape index (κ3) is 7.22. The molecule has 2 aromatic carbocycles. The first-order valence-electron chi connectivity index (χ1n) is 20.0. The summed E-state index contributed by atoms with van der Waals surface area (Å²) in [5.74, 6) is 1.07. The number of benzene rings is 2. The number of carbonyl (C=O) groups is 1. The van der Waals surface area contributed by atoms with E-state index in [1.165, 1.54) is 30.3 Å². The summed E-state index contributed by atoms with van der Waals surface area (Å²) in [6.07, 6.45) is 3.54. The Hall–Kier alpha value is -4.61. The summed E-state index contributed by atoms with van der Waals surface area (Å²) in [6.45, 7) is 3.07. The fraction of sp³-hybridized carbons (Fsp3) is 0.512. The normalized spacial score (nSPS) is 25.8. The molecule has 0 bridgehead atoms. The second kappa shape index (κ2) is 15.5. The third-order valence-electron chi connectivity index (χ3n) is 12.9. The van der Waals surface area contributed by atoms with Crippen LogP contribution in [0, 0.1) is 18.3 Å². The van der Waals surface area contributed by atoms with Gasteiger partial charge in [-0.25, -0.2) is 9.78 Å². The number of rotatable bonds is 14. The van der Waals surface area contributed by atoms with Crippen LogP contribution >= 0.6 is 0 Å². The Morgan fingerprint density at radius 1 is 1.12 bits per heavy atom. The van der Waals surface area contributed by atoms with Crippen molar-refractivity contribution >= 4 is 28.8 Å². The molecule has 4 aliphatic heterocycles. The van der Waals surface area contributed by atoms with Crippen molar-refractivity contribution in [1.29, 1.82) is 0 Å². The third-order valence-corrected chi connectivity index (χ3v) is 12.9. The number of aliphatic imine (C=N–C) groups is 1. The Kier molecular flexibility index (Phi) is 10.8. The molecule has 310 valence electrons. The van der Waals surface area contributed by atoms with Crippen molar-refractivity contribution in [3.8, 4) is 11.5 Å². The van der Waals surface area contributed by atoms with Gasteiger partial charge in [-0.1, -0.05) is 25.0 Å². The van der Waals surface area contributed by atoms with E-state index < -0.39 is 54.2 Å². The number of allylic oxidation sites excluding steroid dienone is 1. The molecule has 58 heavy (non-hydrogen) atoms. The Balaban J connectivity index is 1.14. The minimum Gasteiger partial charge on any atom is -0.508 e. The molecule has 1 saturated heterocycles. The zero-order valence-electron chi connectivity index (χ0n) is 32.6. The van der Waals surface area contributed by atoms with Crippen molar-refractivity contribution in [2.45, 2.75) is 101 Å². The van der Waals surface area contributed by atoms with E-state index in [9.17, 15) is 40.2 Å². The molecule has 5 aliphatic rings. The van der Waals surface area contributed by atoms with Gasteiger partial charge >= 0.3 is 0 Å². The number of phenols is 1. The van der Waals surface area contributed by atoms with Gasteiger partial charge in [0, 0.05) is 49.0 Å². The fourth-order valence-electron chi connectivity index (χ4n) is 9.48. The summed E-state index contributed by atoms with van der Waals surface area (Å²) in [5, 5.41) is 66.8. The van der Waals surface area contributed by atoms with Gasteiger partial charge in [0.25, 0.3) is 0 Å². The molecular weight excluding hydrogens is 750 g/mol. The number of aryl methyl sites for hydroxylation is 1. The number of nitrogens with one attached hydrogen (secondary N) is 1. The minimum absolute atomic E-state index is 0.0182. The number of carbonyl (C=O) groups excluding carboxylic acids is 1. The summed E-state index contributed by atoms with van der Waals surface area (Å²) < 4.78 is 13.4. The lowest BCUT2D eigenvalue weighted by atomic mass is 9.72. The molecule has 3 aromatic rings. The van der Waals surface area contributed by atoms with E-state index >= 15 is 0 Å². The molecule has 2 fully saturated rings. The highest BCUT2D eigenvalue weighted by Crippen LogP contribution is 2.52. The van der Waals surface area contributed by atoms with Crippen LogP contribution in [0.1, 0.15) is 62.3 Å². The molecule has 1 amide bonds. The molecule has 7 N–H and O–H groups in total. The first-order chi connectivity index (χ1) is 27.7. The smallest absolute Gasteiger partial charge is 0.226 e. The monoisotopic (exact) mass is 801 g/mol. The maximum atomic E-state index is 13.5. The molecule has 8 rings (SSSR count). The van der Waals surface area contributed by atoms with Gasteiger partial charge in [0.1, 0.15) is 59.4 Å². The average molecular weight is 802 g/mol. The van der Waals surface area contributed by atoms with E-state index in [0.717, 1.165) is 37.0 Å². The Morgan fingerprint density at radius 3 is 2.60 bits per heavy atom. The van der Waals surface area contributed by atoms with E-state index in [-0.39, 0.29) is 35.8 Å². The highest BCUT2D eigenvalue weighted by molar-refractivity contribution is 5.96. The van der Waals surface area contributed by atoms with Crippen LogP contribution in [0.25, 0.3) is 11.0 Å². The zero-order chi connectivity index (χ0) is 41.0. The van der Waals surface area contributed by atoms with Crippen LogP contribution in [0.15, 0.2) is 74.1 Å². The second-order valence-electron chi connectivity index (χ2n) is 16.8. The van der Waals surface area contributed by atoms with Crippen molar-refractivity contribution in [2.75, 3.05) is 31.2 Å². The van der Waals surface area contributed by atoms with Crippen molar-refractivity contribution in [1.82, 2.24) is 5.32 Å². The number of aliphatic hydroxyl groups excluding tert-OH is 4. The van der Waals surface area contributed by atoms with Crippen molar-refractivity contribution in [3.63, 3.8) is 0 Å². The van der Waals surface area contributed by atoms with Crippen molar-refractivity contribution < 1.29 is 54.4 Å². The molecular formula is C43H51N3O12. The quantitative estimate of drug-likeness (QED) is 0.0922. The highest BCUT2D eigenvalue weighted by Gasteiger charge is 2.53. The van der Waals surface area contributed by atoms with Crippen LogP contribution in [0.4, 0.5) is 5.69 Å². The fourth-order valence-corrected chi connectivity index (χ4v) is 9.48. The number of phenolic OH excluding ortho intramolecular Hbond substituents is 1. The first kappa shape index (κ1) is 40.2. The molecule has 1 spiro atoms. The van der Waals surface area contributed by atoms with Crippen LogP contribution in [0.5, 0.6) is 11.5 Å². The SMILES string of the molecule is Cc1cc(=O)c2cc3c(c(N4C=C5N=CC=C5C4)c2o1)O[C@](C)(CC[C@H]1CNC(=O)C12CCCC2)[C@H](OOC[C@@](O)(Cc1ccc(O)cc1)[C@@H](O)[C@H](O)[C@H](O)CO)C3. The number of aromatic hydroxyl groups is 1. The number of hydrogen-bond donors (Lipinski definition) is 7. The summed E-state index contributed by atoms with van der Waals surface area (Å²) >= 11 is 0. The van der Waals surface area contributed by atoms with Crippen LogP contribution in [-0.2, 0) is 27.4 Å². The Morgan fingerprint density at radius 2 is 1.88 bits per heavy atom. The Labute approximate surface area is 334 Å². The predicted molar refractivity (Wildman–Crippen MR) is 211 cm³/mol. The molecule has 0 unspecified atom stereocenters. The molecule has 0 radical (unpaired) electrons. The van der Waals surface area contributed by atoms with Gasteiger partial charge in [-0.2, -0.15) is 0 Å². The largest absolute Gasteiger partial charge is 0.508 e. The van der Waals surface area contributed by atoms with Gasteiger partial charge in [0.15, 0.2) is 16.8 Å². The number of amides is 1. The number of nitrogens with zero attached hydrogens (tertiary/aromatic N) is 2. The summed E-state index contributed by atoms with van der Waals surface area (Å²) in [4.78, 5) is 45.2. The molecule has 1 saturated carbocycles. The maximum absolute atomic E-state index is 13.5. The number of ether oxygens (including phenoxy) is 1. The Bertz CT molecular complexity index is 2210. The lowest BCUT2D eigenvalue weighted by Gasteiger charge is -2.44. The van der Waals surface area contributed by atoms with Crippen LogP contribution in [0.3, 0.4) is 0 Å². The maximum Gasteiger partial charge on any atom is 0.226 e. The van der Waals surface area contributed by atoms with Gasteiger partial charge in [-0.3, -0.25) is 14.6 Å². The van der Waals surface area contributed by atoms with E-state index in [2.05, 4.69) is 10.3 Å². The number of fused-ring (bicyclic) bond motifs is 3. The second-order valence-corrected chi connectivity index (χ2v) is 16.8.